The van der Waals surface area contributed by atoms with E-state index in [-0.39, 0.29) is 23.5 Å². The van der Waals surface area contributed by atoms with Crippen molar-refractivity contribution in [2.75, 3.05) is 11.1 Å². The lowest BCUT2D eigenvalue weighted by molar-refractivity contribution is -0.144. The number of nitrogens with one attached hydrogen (secondary N) is 2. The molecule has 4 N–H and O–H groups in total. The summed E-state index contributed by atoms with van der Waals surface area (Å²) in [6.07, 6.45) is 0.719. The van der Waals surface area contributed by atoms with E-state index in [0.717, 1.165) is 11.3 Å². The van der Waals surface area contributed by atoms with Crippen LogP contribution in [0, 0.1) is 12.8 Å². The standard InChI is InChI=1S/C20H22F3N9/c1-10(2)6-14(15-8-26-17(27-15)20(21,22)23)28-19-30-16(29-18(24)31-19)12-4-5-13-7-25-11(3)32(13)9-12/h4-5,7-10,14H,6H2,1-3H3,(H,26,27)(H3,24,28,29,30,31)/t14-/m1/s1. The van der Waals surface area contributed by atoms with Gasteiger partial charge >= 0.3 is 6.18 Å². The van der Waals surface area contributed by atoms with E-state index in [1.54, 1.807) is 6.20 Å². The molecule has 0 aliphatic carbocycles. The van der Waals surface area contributed by atoms with Crippen LogP contribution >= 0.6 is 0 Å². The summed E-state index contributed by atoms with van der Waals surface area (Å²) in [5, 5.41) is 3.09. The number of anilines is 2. The first-order chi connectivity index (χ1) is 15.1. The van der Waals surface area contributed by atoms with Crippen LogP contribution in [-0.4, -0.2) is 34.3 Å². The van der Waals surface area contributed by atoms with E-state index in [2.05, 4.69) is 35.2 Å². The molecule has 9 nitrogen and oxygen atoms in total. The van der Waals surface area contributed by atoms with Crippen molar-refractivity contribution in [3.8, 4) is 11.4 Å². The third-order valence-corrected chi connectivity index (χ3v) is 4.87. The second kappa shape index (κ2) is 8.09. The van der Waals surface area contributed by atoms with E-state index >= 15 is 0 Å². The van der Waals surface area contributed by atoms with Crippen LogP contribution < -0.4 is 11.1 Å². The lowest BCUT2D eigenvalue weighted by Gasteiger charge is -2.20. The van der Waals surface area contributed by atoms with Crippen LogP contribution in [0.15, 0.2) is 30.7 Å². The molecule has 0 amide bonds. The Kier molecular flexibility index (Phi) is 5.45. The molecule has 168 valence electrons. The molecular weight excluding hydrogens is 423 g/mol. The molecule has 0 bridgehead atoms. The summed E-state index contributed by atoms with van der Waals surface area (Å²) >= 11 is 0. The van der Waals surface area contributed by atoms with E-state index in [1.807, 2.05) is 43.5 Å². The molecule has 0 unspecified atom stereocenters. The quantitative estimate of drug-likeness (QED) is 0.410. The Labute approximate surface area is 181 Å². The monoisotopic (exact) mass is 445 g/mol. The number of aryl methyl sites for hydroxylation is 1. The summed E-state index contributed by atoms with van der Waals surface area (Å²) < 4.78 is 40.9. The molecule has 4 heterocycles. The highest BCUT2D eigenvalue weighted by Crippen LogP contribution is 2.30. The number of H-pyrrole nitrogens is 1. The van der Waals surface area contributed by atoms with Crippen LogP contribution in [0.4, 0.5) is 25.1 Å². The lowest BCUT2D eigenvalue weighted by atomic mass is 10.0. The molecule has 4 aromatic rings. The fraction of sp³-hybridized carbons (Fsp3) is 0.350. The average Bonchev–Trinajstić information content (AvgIpc) is 3.34. The summed E-state index contributed by atoms with van der Waals surface area (Å²) in [7, 11) is 0. The Bertz CT molecular complexity index is 1240. The van der Waals surface area contributed by atoms with Crippen LogP contribution in [0.5, 0.6) is 0 Å². The normalized spacial score (nSPS) is 13.1. The second-order valence-corrected chi connectivity index (χ2v) is 7.87. The molecule has 0 saturated heterocycles. The van der Waals surface area contributed by atoms with Gasteiger partial charge in [0.15, 0.2) is 5.82 Å². The minimum absolute atomic E-state index is 0.0103. The van der Waals surface area contributed by atoms with Gasteiger partial charge in [-0.2, -0.15) is 28.1 Å². The fourth-order valence-corrected chi connectivity index (χ4v) is 3.38. The van der Waals surface area contributed by atoms with Gasteiger partial charge in [0.05, 0.1) is 29.6 Å². The van der Waals surface area contributed by atoms with Gasteiger partial charge in [0.25, 0.3) is 0 Å². The predicted molar refractivity (Wildman–Crippen MR) is 113 cm³/mol. The number of nitrogens with zero attached hydrogens (tertiary/aromatic N) is 6. The first kappa shape index (κ1) is 21.5. The molecule has 0 aromatic carbocycles. The number of halogens is 3. The van der Waals surface area contributed by atoms with Crippen LogP contribution in [-0.2, 0) is 6.18 Å². The van der Waals surface area contributed by atoms with Crippen molar-refractivity contribution in [1.29, 1.82) is 0 Å². The number of alkyl halides is 3. The van der Waals surface area contributed by atoms with Gasteiger partial charge in [-0.05, 0) is 31.4 Å². The van der Waals surface area contributed by atoms with Gasteiger partial charge < -0.3 is 20.4 Å². The zero-order valence-electron chi connectivity index (χ0n) is 17.6. The number of nitrogens with two attached hydrogens (primary N) is 1. The van der Waals surface area contributed by atoms with Gasteiger partial charge in [-0.3, -0.25) is 0 Å². The Morgan fingerprint density at radius 1 is 1.12 bits per heavy atom. The molecule has 0 saturated carbocycles. The largest absolute Gasteiger partial charge is 0.449 e. The van der Waals surface area contributed by atoms with Crippen LogP contribution in [0.2, 0.25) is 0 Å². The summed E-state index contributed by atoms with van der Waals surface area (Å²) in [5.41, 5.74) is 7.80. The summed E-state index contributed by atoms with van der Waals surface area (Å²) in [6.45, 7) is 5.80. The van der Waals surface area contributed by atoms with Crippen molar-refractivity contribution >= 4 is 17.4 Å². The minimum atomic E-state index is -4.56. The molecular formula is C20H22F3N9. The first-order valence-corrected chi connectivity index (χ1v) is 9.94. The molecule has 0 spiro atoms. The summed E-state index contributed by atoms with van der Waals surface area (Å²) in [4.78, 5) is 22.9. The zero-order chi connectivity index (χ0) is 23.0. The topological polar surface area (TPSA) is 123 Å². The number of aromatic amines is 1. The molecule has 0 aliphatic rings. The number of pyridine rings is 1. The SMILES string of the molecule is Cc1ncc2ccc(-c3nc(N)nc(N[C@H](CC(C)C)c4cnc(C(F)(F)F)[nH]4)n3)cn12. The maximum absolute atomic E-state index is 13.0. The average molecular weight is 445 g/mol. The number of imidazole rings is 2. The maximum Gasteiger partial charge on any atom is 0.449 e. The molecule has 0 radical (unpaired) electrons. The number of fused-ring (bicyclic) bond motifs is 1. The minimum Gasteiger partial charge on any atom is -0.368 e. The van der Waals surface area contributed by atoms with Gasteiger partial charge in [0.2, 0.25) is 17.7 Å². The van der Waals surface area contributed by atoms with Crippen molar-refractivity contribution in [2.24, 2.45) is 5.92 Å². The van der Waals surface area contributed by atoms with Crippen LogP contribution in [0.1, 0.15) is 43.7 Å². The van der Waals surface area contributed by atoms with Crippen molar-refractivity contribution in [3.05, 3.63) is 48.1 Å². The summed E-state index contributed by atoms with van der Waals surface area (Å²) in [5.74, 6) is 0.406. The second-order valence-electron chi connectivity index (χ2n) is 7.87. The van der Waals surface area contributed by atoms with Gasteiger partial charge in [-0.25, -0.2) is 9.97 Å². The molecule has 12 heteroatoms. The van der Waals surface area contributed by atoms with Gasteiger partial charge in [0, 0.05) is 11.8 Å². The maximum atomic E-state index is 13.0. The van der Waals surface area contributed by atoms with Crippen LogP contribution in [0.25, 0.3) is 16.9 Å². The van der Waals surface area contributed by atoms with Crippen molar-refractivity contribution in [3.63, 3.8) is 0 Å². The van der Waals surface area contributed by atoms with Gasteiger partial charge in [-0.1, -0.05) is 13.8 Å². The van der Waals surface area contributed by atoms with E-state index in [9.17, 15) is 13.2 Å². The molecule has 4 aromatic heterocycles. The number of nitrogen functional groups attached to an aromatic ring is 1. The Morgan fingerprint density at radius 2 is 1.91 bits per heavy atom. The highest BCUT2D eigenvalue weighted by atomic mass is 19.4. The Morgan fingerprint density at radius 3 is 2.59 bits per heavy atom. The zero-order valence-corrected chi connectivity index (χ0v) is 17.6. The third-order valence-electron chi connectivity index (χ3n) is 4.87. The van der Waals surface area contributed by atoms with Crippen molar-refractivity contribution in [1.82, 2.24) is 34.3 Å². The van der Waals surface area contributed by atoms with E-state index < -0.39 is 18.0 Å². The number of rotatable bonds is 6. The third kappa shape index (κ3) is 4.48. The predicted octanol–water partition coefficient (Wildman–Crippen LogP) is 4.02. The Hall–Kier alpha value is -3.70. The molecule has 0 aliphatic heterocycles. The summed E-state index contributed by atoms with van der Waals surface area (Å²) in [6, 6.07) is 3.19. The van der Waals surface area contributed by atoms with Crippen LogP contribution in [0.3, 0.4) is 0 Å². The van der Waals surface area contributed by atoms with Crippen molar-refractivity contribution in [2.45, 2.75) is 39.4 Å². The van der Waals surface area contributed by atoms with Crippen molar-refractivity contribution < 1.29 is 13.2 Å². The Balaban J connectivity index is 1.67. The highest BCUT2D eigenvalue weighted by Gasteiger charge is 2.35. The fourth-order valence-electron chi connectivity index (χ4n) is 3.38. The molecule has 0 fully saturated rings. The van der Waals surface area contributed by atoms with Gasteiger partial charge in [0.1, 0.15) is 5.82 Å². The van der Waals surface area contributed by atoms with E-state index in [0.29, 0.717) is 17.8 Å². The van der Waals surface area contributed by atoms with E-state index in [1.165, 1.54) is 6.20 Å². The first-order valence-electron chi connectivity index (χ1n) is 9.94. The van der Waals surface area contributed by atoms with Gasteiger partial charge in [-0.15, -0.1) is 0 Å². The number of hydrogen-bond donors (Lipinski definition) is 3. The molecule has 4 rings (SSSR count). The molecule has 1 atom stereocenters. The lowest BCUT2D eigenvalue weighted by Crippen LogP contribution is -2.17. The molecule has 32 heavy (non-hydrogen) atoms. The number of hydrogen-bond acceptors (Lipinski definition) is 7. The highest BCUT2D eigenvalue weighted by molar-refractivity contribution is 5.61. The smallest absolute Gasteiger partial charge is 0.368 e. The number of aromatic nitrogens is 7. The van der Waals surface area contributed by atoms with E-state index in [4.69, 9.17) is 5.73 Å².